The minimum absolute atomic E-state index is 0.281. The largest absolute Gasteiger partial charge is 0.481 e. The van der Waals surface area contributed by atoms with E-state index in [2.05, 4.69) is 10.2 Å². The Bertz CT molecular complexity index is 843. The zero-order chi connectivity index (χ0) is 19.2. The topological polar surface area (TPSA) is 74.6 Å². The Balaban J connectivity index is 1.70. The van der Waals surface area contributed by atoms with Crippen LogP contribution in [0.2, 0.25) is 5.02 Å². The van der Waals surface area contributed by atoms with Gasteiger partial charge in [-0.25, -0.2) is 0 Å². The molecule has 0 bridgehead atoms. The van der Waals surface area contributed by atoms with Gasteiger partial charge in [0.1, 0.15) is 5.75 Å². The van der Waals surface area contributed by atoms with Crippen molar-refractivity contribution in [1.29, 1.82) is 5.26 Å². The molecule has 140 valence electrons. The summed E-state index contributed by atoms with van der Waals surface area (Å²) in [4.78, 5) is 14.8. The van der Waals surface area contributed by atoms with E-state index in [0.717, 1.165) is 18.8 Å². The number of rotatable bonds is 5. The number of nitrogens with zero attached hydrogens (tertiary/aromatic N) is 2. The highest BCUT2D eigenvalue weighted by Gasteiger charge is 2.20. The monoisotopic (exact) mass is 385 g/mol. The summed E-state index contributed by atoms with van der Waals surface area (Å²) in [5.74, 6) is 0.243. The summed E-state index contributed by atoms with van der Waals surface area (Å²) in [6, 6.07) is 14.1. The van der Waals surface area contributed by atoms with Gasteiger partial charge >= 0.3 is 0 Å². The van der Waals surface area contributed by atoms with Crippen LogP contribution in [0.15, 0.2) is 42.5 Å². The van der Waals surface area contributed by atoms with E-state index in [1.807, 2.05) is 12.1 Å². The number of halogens is 1. The van der Waals surface area contributed by atoms with Crippen LogP contribution in [0, 0.1) is 11.3 Å². The highest BCUT2D eigenvalue weighted by atomic mass is 35.5. The average Bonchev–Trinajstić information content (AvgIpc) is 2.69. The normalized spacial score (nSPS) is 14.9. The lowest BCUT2D eigenvalue weighted by atomic mass is 10.2. The molecular formula is C20H20ClN3O3. The van der Waals surface area contributed by atoms with Crippen LogP contribution in [0.4, 0.5) is 11.4 Å². The van der Waals surface area contributed by atoms with Gasteiger partial charge in [-0.05, 0) is 49.4 Å². The summed E-state index contributed by atoms with van der Waals surface area (Å²) in [6.07, 6.45) is -0.713. The molecule has 7 heteroatoms. The lowest BCUT2D eigenvalue weighted by Crippen LogP contribution is -2.37. The van der Waals surface area contributed by atoms with Gasteiger partial charge in [0, 0.05) is 18.1 Å². The predicted molar refractivity (Wildman–Crippen MR) is 104 cm³/mol. The number of ether oxygens (including phenoxy) is 2. The number of nitrogens with one attached hydrogen (secondary N) is 1. The molecule has 1 heterocycles. The minimum atomic E-state index is -0.713. The number of nitriles is 1. The van der Waals surface area contributed by atoms with Gasteiger partial charge in [-0.15, -0.1) is 0 Å². The van der Waals surface area contributed by atoms with E-state index in [0.29, 0.717) is 35.2 Å². The van der Waals surface area contributed by atoms with Crippen LogP contribution in [-0.2, 0) is 9.53 Å². The van der Waals surface area contributed by atoms with Crippen molar-refractivity contribution in [3.63, 3.8) is 0 Å². The van der Waals surface area contributed by atoms with Crippen molar-refractivity contribution in [2.75, 3.05) is 36.5 Å². The zero-order valence-electron chi connectivity index (χ0n) is 14.9. The van der Waals surface area contributed by atoms with Crippen LogP contribution >= 0.6 is 11.6 Å². The van der Waals surface area contributed by atoms with Crippen molar-refractivity contribution in [3.8, 4) is 11.8 Å². The third kappa shape index (κ3) is 4.91. The van der Waals surface area contributed by atoms with E-state index in [1.165, 1.54) is 0 Å². The lowest BCUT2D eigenvalue weighted by molar-refractivity contribution is -0.122. The molecule has 1 atom stereocenters. The Hall–Kier alpha value is -2.75. The fourth-order valence-corrected chi connectivity index (χ4v) is 2.96. The minimum Gasteiger partial charge on any atom is -0.481 e. The smallest absolute Gasteiger partial charge is 0.265 e. The summed E-state index contributed by atoms with van der Waals surface area (Å²) < 4.78 is 11.1. The maximum absolute atomic E-state index is 12.6. The molecule has 1 saturated heterocycles. The molecule has 0 unspecified atom stereocenters. The molecule has 0 saturated carbocycles. The molecule has 0 radical (unpaired) electrons. The number of hydrogen-bond acceptors (Lipinski definition) is 5. The molecule has 1 aliphatic heterocycles. The first-order valence-corrected chi connectivity index (χ1v) is 9.04. The molecule has 0 spiro atoms. The molecule has 1 amide bonds. The van der Waals surface area contributed by atoms with Gasteiger partial charge in [-0.3, -0.25) is 4.79 Å². The number of morpholine rings is 1. The van der Waals surface area contributed by atoms with Crippen molar-refractivity contribution in [2.45, 2.75) is 13.0 Å². The fourth-order valence-electron chi connectivity index (χ4n) is 2.79. The zero-order valence-corrected chi connectivity index (χ0v) is 15.7. The van der Waals surface area contributed by atoms with Crippen molar-refractivity contribution in [2.24, 2.45) is 0 Å². The quantitative estimate of drug-likeness (QED) is 0.853. The van der Waals surface area contributed by atoms with E-state index in [4.69, 9.17) is 26.3 Å². The number of anilines is 2. The summed E-state index contributed by atoms with van der Waals surface area (Å²) in [6.45, 7) is 4.47. The molecule has 1 aliphatic rings. The molecule has 6 nitrogen and oxygen atoms in total. The van der Waals surface area contributed by atoms with Gasteiger partial charge in [-0.1, -0.05) is 11.6 Å². The van der Waals surface area contributed by atoms with Gasteiger partial charge in [0.05, 0.1) is 36.2 Å². The number of carbonyl (C=O) groups is 1. The van der Waals surface area contributed by atoms with Crippen molar-refractivity contribution in [3.05, 3.63) is 53.1 Å². The molecule has 0 aromatic heterocycles. The Labute approximate surface area is 163 Å². The lowest BCUT2D eigenvalue weighted by Gasteiger charge is -2.30. The summed E-state index contributed by atoms with van der Waals surface area (Å²) in [5.41, 5.74) is 2.08. The Morgan fingerprint density at radius 3 is 2.63 bits per heavy atom. The maximum Gasteiger partial charge on any atom is 0.265 e. The first kappa shape index (κ1) is 19.0. The Morgan fingerprint density at radius 1 is 1.26 bits per heavy atom. The molecule has 1 N–H and O–H groups in total. The third-order valence-corrected chi connectivity index (χ3v) is 4.47. The summed E-state index contributed by atoms with van der Waals surface area (Å²) in [5, 5.41) is 12.3. The van der Waals surface area contributed by atoms with Crippen LogP contribution in [0.25, 0.3) is 0 Å². The van der Waals surface area contributed by atoms with E-state index in [-0.39, 0.29) is 5.91 Å². The molecule has 2 aromatic rings. The highest BCUT2D eigenvalue weighted by Crippen LogP contribution is 2.30. The molecule has 2 aromatic carbocycles. The van der Waals surface area contributed by atoms with Gasteiger partial charge in [0.25, 0.3) is 5.91 Å². The molecule has 3 rings (SSSR count). The van der Waals surface area contributed by atoms with Crippen LogP contribution in [0.5, 0.6) is 5.75 Å². The van der Waals surface area contributed by atoms with Gasteiger partial charge < -0.3 is 19.7 Å². The highest BCUT2D eigenvalue weighted by molar-refractivity contribution is 6.31. The average molecular weight is 386 g/mol. The molecule has 1 fully saturated rings. The summed E-state index contributed by atoms with van der Waals surface area (Å²) in [7, 11) is 0. The Kier molecular flexibility index (Phi) is 6.17. The summed E-state index contributed by atoms with van der Waals surface area (Å²) >= 11 is 6.12. The van der Waals surface area contributed by atoms with Crippen molar-refractivity contribution >= 4 is 28.9 Å². The van der Waals surface area contributed by atoms with Crippen LogP contribution in [0.3, 0.4) is 0 Å². The SMILES string of the molecule is C[C@@H](Oc1ccc(C#N)cc1)C(=O)Nc1cc(Cl)ccc1N1CCOCC1. The number of benzene rings is 2. The van der Waals surface area contributed by atoms with Gasteiger partial charge in [0.15, 0.2) is 6.10 Å². The fraction of sp³-hybridized carbons (Fsp3) is 0.300. The third-order valence-electron chi connectivity index (χ3n) is 4.23. The van der Waals surface area contributed by atoms with Crippen LogP contribution < -0.4 is 15.0 Å². The first-order valence-electron chi connectivity index (χ1n) is 8.67. The van der Waals surface area contributed by atoms with Crippen LogP contribution in [-0.4, -0.2) is 38.3 Å². The second-order valence-corrected chi connectivity index (χ2v) is 6.58. The van der Waals surface area contributed by atoms with Gasteiger partial charge in [-0.2, -0.15) is 5.26 Å². The van der Waals surface area contributed by atoms with E-state index >= 15 is 0 Å². The molecule has 0 aliphatic carbocycles. The number of hydrogen-bond donors (Lipinski definition) is 1. The van der Waals surface area contributed by atoms with E-state index in [1.54, 1.807) is 43.3 Å². The molecule has 27 heavy (non-hydrogen) atoms. The number of amides is 1. The second-order valence-electron chi connectivity index (χ2n) is 6.15. The van der Waals surface area contributed by atoms with Crippen molar-refractivity contribution < 1.29 is 14.3 Å². The maximum atomic E-state index is 12.6. The van der Waals surface area contributed by atoms with E-state index < -0.39 is 6.10 Å². The Morgan fingerprint density at radius 2 is 1.96 bits per heavy atom. The number of carbonyl (C=O) groups excluding carboxylic acids is 1. The van der Waals surface area contributed by atoms with Crippen molar-refractivity contribution in [1.82, 2.24) is 0 Å². The van der Waals surface area contributed by atoms with Crippen LogP contribution in [0.1, 0.15) is 12.5 Å². The second kappa shape index (κ2) is 8.76. The predicted octanol–water partition coefficient (Wildman–Crippen LogP) is 3.45. The van der Waals surface area contributed by atoms with Gasteiger partial charge in [0.2, 0.25) is 0 Å². The first-order chi connectivity index (χ1) is 13.1. The molecular weight excluding hydrogens is 366 g/mol. The standard InChI is InChI=1S/C20H20ClN3O3/c1-14(27-17-5-2-15(13-22)3-6-17)20(25)23-18-12-16(21)4-7-19(18)24-8-10-26-11-9-24/h2-7,12,14H,8-11H2,1H3,(H,23,25)/t14-/m1/s1. The van der Waals surface area contributed by atoms with E-state index in [9.17, 15) is 4.79 Å².